The molecule has 0 unspecified atom stereocenters. The first-order valence-corrected chi connectivity index (χ1v) is 6.45. The van der Waals surface area contributed by atoms with E-state index in [1.807, 2.05) is 0 Å². The van der Waals surface area contributed by atoms with Gasteiger partial charge in [0, 0.05) is 19.3 Å². The molecule has 0 aromatic rings. The second kappa shape index (κ2) is 5.27. The van der Waals surface area contributed by atoms with Crippen LogP contribution in [0.25, 0.3) is 0 Å². The SMILES string of the molecule is CC(C)(C(=O)NC/C=C/CN)S(C)(=O)=O. The Kier molecular flexibility index (Phi) is 4.96. The van der Waals surface area contributed by atoms with Crippen molar-refractivity contribution in [1.29, 1.82) is 0 Å². The lowest BCUT2D eigenvalue weighted by atomic mass is 10.2. The Hall–Kier alpha value is -0.880. The second-order valence-electron chi connectivity index (χ2n) is 3.70. The van der Waals surface area contributed by atoms with Gasteiger partial charge in [0.15, 0.2) is 9.84 Å². The largest absolute Gasteiger partial charge is 0.351 e. The van der Waals surface area contributed by atoms with Crippen LogP contribution in [0.15, 0.2) is 12.2 Å². The van der Waals surface area contributed by atoms with Crippen LogP contribution in [0, 0.1) is 0 Å². The average molecular weight is 234 g/mol. The van der Waals surface area contributed by atoms with E-state index in [4.69, 9.17) is 5.73 Å². The fraction of sp³-hybridized carbons (Fsp3) is 0.667. The molecule has 0 saturated heterocycles. The molecule has 0 saturated carbocycles. The first kappa shape index (κ1) is 14.1. The number of carbonyl (C=O) groups excluding carboxylic acids is 1. The smallest absolute Gasteiger partial charge is 0.241 e. The Morgan fingerprint density at radius 3 is 2.33 bits per heavy atom. The Balaban J connectivity index is 4.41. The number of hydrogen-bond donors (Lipinski definition) is 2. The maximum absolute atomic E-state index is 11.5. The summed E-state index contributed by atoms with van der Waals surface area (Å²) in [5.41, 5.74) is 5.21. The number of nitrogens with two attached hydrogens (primary N) is 1. The van der Waals surface area contributed by atoms with Crippen LogP contribution < -0.4 is 11.1 Å². The summed E-state index contributed by atoms with van der Waals surface area (Å²) in [5, 5.41) is 2.50. The zero-order valence-corrected chi connectivity index (χ0v) is 10.1. The van der Waals surface area contributed by atoms with Gasteiger partial charge in [-0.2, -0.15) is 0 Å². The van der Waals surface area contributed by atoms with Gasteiger partial charge in [-0.15, -0.1) is 0 Å². The lowest BCUT2D eigenvalue weighted by molar-refractivity contribution is -0.122. The molecule has 0 aliphatic carbocycles. The average Bonchev–Trinajstić information content (AvgIpc) is 2.10. The molecule has 15 heavy (non-hydrogen) atoms. The van der Waals surface area contributed by atoms with Crippen LogP contribution in [-0.2, 0) is 14.6 Å². The third-order valence-electron chi connectivity index (χ3n) is 2.16. The van der Waals surface area contributed by atoms with Gasteiger partial charge in [0.2, 0.25) is 5.91 Å². The van der Waals surface area contributed by atoms with E-state index in [0.29, 0.717) is 6.54 Å². The molecule has 0 aromatic heterocycles. The summed E-state index contributed by atoms with van der Waals surface area (Å²) >= 11 is 0. The zero-order valence-electron chi connectivity index (χ0n) is 9.28. The monoisotopic (exact) mass is 234 g/mol. The van der Waals surface area contributed by atoms with Crippen molar-refractivity contribution in [2.75, 3.05) is 19.3 Å². The first-order valence-electron chi connectivity index (χ1n) is 4.56. The quantitative estimate of drug-likeness (QED) is 0.624. The molecule has 0 bridgehead atoms. The molecule has 0 atom stereocenters. The highest BCUT2D eigenvalue weighted by Crippen LogP contribution is 2.14. The van der Waals surface area contributed by atoms with Gasteiger partial charge in [-0.1, -0.05) is 12.2 Å². The molecule has 6 heteroatoms. The highest BCUT2D eigenvalue weighted by molar-refractivity contribution is 7.92. The highest BCUT2D eigenvalue weighted by atomic mass is 32.2. The van der Waals surface area contributed by atoms with E-state index in [-0.39, 0.29) is 6.54 Å². The Labute approximate surface area is 90.6 Å². The van der Waals surface area contributed by atoms with Gasteiger partial charge in [0.05, 0.1) is 0 Å². The van der Waals surface area contributed by atoms with Gasteiger partial charge >= 0.3 is 0 Å². The van der Waals surface area contributed by atoms with E-state index in [1.54, 1.807) is 12.2 Å². The Morgan fingerprint density at radius 2 is 1.93 bits per heavy atom. The van der Waals surface area contributed by atoms with Crippen LogP contribution in [0.5, 0.6) is 0 Å². The summed E-state index contributed by atoms with van der Waals surface area (Å²) in [6.07, 6.45) is 4.41. The summed E-state index contributed by atoms with van der Waals surface area (Å²) in [7, 11) is -3.41. The molecule has 3 N–H and O–H groups in total. The maximum Gasteiger partial charge on any atom is 0.241 e. The molecule has 1 amide bonds. The molecule has 88 valence electrons. The van der Waals surface area contributed by atoms with Crippen molar-refractivity contribution >= 4 is 15.7 Å². The zero-order chi connectivity index (χ0) is 12.1. The lowest BCUT2D eigenvalue weighted by Crippen LogP contribution is -2.47. The van der Waals surface area contributed by atoms with Gasteiger partial charge in [-0.25, -0.2) is 8.42 Å². The molecule has 0 rings (SSSR count). The molecule has 0 aromatic carbocycles. The topological polar surface area (TPSA) is 89.3 Å². The fourth-order valence-corrected chi connectivity index (χ4v) is 1.12. The number of carbonyl (C=O) groups is 1. The van der Waals surface area contributed by atoms with Crippen molar-refractivity contribution < 1.29 is 13.2 Å². The number of nitrogens with one attached hydrogen (secondary N) is 1. The molecule has 0 heterocycles. The van der Waals surface area contributed by atoms with Crippen LogP contribution in [0.3, 0.4) is 0 Å². The van der Waals surface area contributed by atoms with Crippen LogP contribution in [-0.4, -0.2) is 38.4 Å². The number of rotatable bonds is 5. The van der Waals surface area contributed by atoms with E-state index >= 15 is 0 Å². The van der Waals surface area contributed by atoms with Gasteiger partial charge in [0.1, 0.15) is 4.75 Å². The predicted molar refractivity (Wildman–Crippen MR) is 60.1 cm³/mol. The molecular weight excluding hydrogens is 216 g/mol. The van der Waals surface area contributed by atoms with Crippen molar-refractivity contribution in [2.45, 2.75) is 18.6 Å². The fourth-order valence-electron chi connectivity index (χ4n) is 0.712. The van der Waals surface area contributed by atoms with Gasteiger partial charge < -0.3 is 11.1 Å². The molecule has 0 radical (unpaired) electrons. The summed E-state index contributed by atoms with van der Waals surface area (Å²) < 4.78 is 21.2. The van der Waals surface area contributed by atoms with Crippen LogP contribution in [0.4, 0.5) is 0 Å². The molecule has 0 aliphatic heterocycles. The van der Waals surface area contributed by atoms with E-state index in [0.717, 1.165) is 6.26 Å². The van der Waals surface area contributed by atoms with E-state index < -0.39 is 20.5 Å². The van der Waals surface area contributed by atoms with Crippen molar-refractivity contribution in [1.82, 2.24) is 5.32 Å². The minimum absolute atomic E-state index is 0.287. The first-order chi connectivity index (χ1) is 6.73. The van der Waals surface area contributed by atoms with Crippen LogP contribution in [0.1, 0.15) is 13.8 Å². The summed E-state index contributed by atoms with van der Waals surface area (Å²) in [6.45, 7) is 3.44. The minimum Gasteiger partial charge on any atom is -0.351 e. The lowest BCUT2D eigenvalue weighted by Gasteiger charge is -2.20. The number of sulfone groups is 1. The van der Waals surface area contributed by atoms with Crippen LogP contribution in [0.2, 0.25) is 0 Å². The predicted octanol–water partition coefficient (Wildman–Crippen LogP) is -0.559. The summed E-state index contributed by atoms with van der Waals surface area (Å²) in [6, 6.07) is 0. The third kappa shape index (κ3) is 4.01. The Bertz CT molecular complexity index is 344. The normalized spacial score (nSPS) is 13.1. The Morgan fingerprint density at radius 1 is 1.40 bits per heavy atom. The third-order valence-corrected chi connectivity index (χ3v) is 4.20. The second-order valence-corrected chi connectivity index (χ2v) is 6.26. The molecule has 0 aliphatic rings. The van der Waals surface area contributed by atoms with Gasteiger partial charge in [-0.3, -0.25) is 4.79 Å². The maximum atomic E-state index is 11.5. The number of hydrogen-bond acceptors (Lipinski definition) is 4. The molecular formula is C9H18N2O3S. The van der Waals surface area contributed by atoms with Crippen molar-refractivity contribution in [3.05, 3.63) is 12.2 Å². The number of amides is 1. The van der Waals surface area contributed by atoms with Gasteiger partial charge in [0.25, 0.3) is 0 Å². The molecule has 0 fully saturated rings. The van der Waals surface area contributed by atoms with E-state index in [9.17, 15) is 13.2 Å². The van der Waals surface area contributed by atoms with Crippen molar-refractivity contribution in [3.63, 3.8) is 0 Å². The van der Waals surface area contributed by atoms with Crippen molar-refractivity contribution in [3.8, 4) is 0 Å². The van der Waals surface area contributed by atoms with Gasteiger partial charge in [-0.05, 0) is 13.8 Å². The standard InChI is InChI=1S/C9H18N2O3S/c1-9(2,15(3,13)14)8(12)11-7-5-4-6-10/h4-5H,6-7,10H2,1-3H3,(H,11,12)/b5-4+. The molecule has 5 nitrogen and oxygen atoms in total. The van der Waals surface area contributed by atoms with Crippen LogP contribution >= 0.6 is 0 Å². The molecule has 0 spiro atoms. The van der Waals surface area contributed by atoms with Crippen molar-refractivity contribution in [2.24, 2.45) is 5.73 Å². The summed E-state index contributed by atoms with van der Waals surface area (Å²) in [5.74, 6) is -0.508. The highest BCUT2D eigenvalue weighted by Gasteiger charge is 2.37. The van der Waals surface area contributed by atoms with E-state index in [1.165, 1.54) is 13.8 Å². The van der Waals surface area contributed by atoms with E-state index in [2.05, 4.69) is 5.32 Å². The summed E-state index contributed by atoms with van der Waals surface area (Å²) in [4.78, 5) is 11.5. The minimum atomic E-state index is -3.41.